The summed E-state index contributed by atoms with van der Waals surface area (Å²) in [6.45, 7) is 3.66. The van der Waals surface area contributed by atoms with Crippen molar-refractivity contribution < 1.29 is 37.9 Å². The smallest absolute Gasteiger partial charge is 0.462 e. The fourth-order valence-corrected chi connectivity index (χ4v) is 6.93. The lowest BCUT2D eigenvalue weighted by Crippen LogP contribution is -2.29. The number of carbonyl (C=O) groups excluding carboxylic acids is 2. The molecule has 0 heterocycles. The van der Waals surface area contributed by atoms with Gasteiger partial charge in [0.25, 0.3) is 0 Å². The number of ether oxygens (including phenoxy) is 2. The van der Waals surface area contributed by atoms with Gasteiger partial charge in [-0.1, -0.05) is 205 Å². The molecular weight excluding hydrogens is 699 g/mol. The van der Waals surface area contributed by atoms with E-state index in [2.05, 4.69) is 42.7 Å². The highest BCUT2D eigenvalue weighted by Crippen LogP contribution is 2.36. The highest BCUT2D eigenvalue weighted by molar-refractivity contribution is 7.46. The molecular formula is C45H85O8P. The van der Waals surface area contributed by atoms with Crippen LogP contribution in [0.3, 0.4) is 0 Å². The van der Waals surface area contributed by atoms with Gasteiger partial charge in [-0.25, -0.2) is 4.57 Å². The highest BCUT2D eigenvalue weighted by atomic mass is 31.2. The van der Waals surface area contributed by atoms with E-state index in [0.29, 0.717) is 12.8 Å². The van der Waals surface area contributed by atoms with Gasteiger partial charge in [0, 0.05) is 12.8 Å². The molecule has 0 aliphatic carbocycles. The Morgan fingerprint density at radius 3 is 1.28 bits per heavy atom. The first kappa shape index (κ1) is 52.5. The summed E-state index contributed by atoms with van der Waals surface area (Å²) >= 11 is 0. The third-order valence-corrected chi connectivity index (χ3v) is 10.5. The summed E-state index contributed by atoms with van der Waals surface area (Å²) in [6.07, 6.45) is 47.6. The molecule has 0 fully saturated rings. The quantitative estimate of drug-likeness (QED) is 0.0272. The van der Waals surface area contributed by atoms with Crippen LogP contribution in [0.1, 0.15) is 232 Å². The van der Waals surface area contributed by atoms with Crippen molar-refractivity contribution in [1.29, 1.82) is 0 Å². The predicted octanol–water partition coefficient (Wildman–Crippen LogP) is 14.0. The number of hydrogen-bond acceptors (Lipinski definition) is 6. The van der Waals surface area contributed by atoms with Crippen molar-refractivity contribution in [3.63, 3.8) is 0 Å². The van der Waals surface area contributed by atoms with Crippen LogP contribution in [-0.2, 0) is 28.2 Å². The van der Waals surface area contributed by atoms with E-state index in [4.69, 9.17) is 19.3 Å². The molecule has 0 aromatic rings. The van der Waals surface area contributed by atoms with E-state index >= 15 is 0 Å². The molecule has 1 atom stereocenters. The van der Waals surface area contributed by atoms with Crippen LogP contribution < -0.4 is 0 Å². The minimum absolute atomic E-state index is 0.214. The summed E-state index contributed by atoms with van der Waals surface area (Å²) in [5.41, 5.74) is 0. The van der Waals surface area contributed by atoms with E-state index in [1.807, 2.05) is 0 Å². The first-order valence-electron chi connectivity index (χ1n) is 22.6. The Hall–Kier alpha value is -1.47. The van der Waals surface area contributed by atoms with Gasteiger partial charge in [-0.3, -0.25) is 14.1 Å². The molecule has 0 saturated heterocycles. The van der Waals surface area contributed by atoms with Gasteiger partial charge in [-0.05, 0) is 38.5 Å². The second kappa shape index (κ2) is 41.2. The van der Waals surface area contributed by atoms with Crippen molar-refractivity contribution in [2.24, 2.45) is 0 Å². The summed E-state index contributed by atoms with van der Waals surface area (Å²) < 4.78 is 26.4. The minimum Gasteiger partial charge on any atom is -0.462 e. The van der Waals surface area contributed by atoms with E-state index in [0.717, 1.165) is 64.2 Å². The average molecular weight is 785 g/mol. The normalized spacial score (nSPS) is 12.6. The first-order valence-corrected chi connectivity index (χ1v) is 24.2. The maximum absolute atomic E-state index is 12.4. The van der Waals surface area contributed by atoms with Crippen molar-refractivity contribution in [3.05, 3.63) is 24.3 Å². The summed E-state index contributed by atoms with van der Waals surface area (Å²) in [5, 5.41) is 0. The summed E-state index contributed by atoms with van der Waals surface area (Å²) in [6, 6.07) is 0. The van der Waals surface area contributed by atoms with Gasteiger partial charge in [0.2, 0.25) is 0 Å². The standard InChI is InChI=1S/C45H85O8P/c1-3-5-7-9-11-13-15-17-19-20-21-22-23-24-25-26-28-30-32-34-36-38-40-45(47)53-43(42-52-54(48,49)50)41-51-44(46)39-37-35-33-31-29-27-18-16-14-12-10-8-6-4-2/h10,12,16,18,43H,3-9,11,13-15,17,19-42H2,1-2H3,(H2,48,49,50)/b12-10+,18-16+/t43-/m1/s1. The predicted molar refractivity (Wildman–Crippen MR) is 225 cm³/mol. The number of esters is 2. The number of phosphoric acid groups is 1. The third kappa shape index (κ3) is 43.3. The SMILES string of the molecule is CCCC/C=C/C/C=C/CCCCCCCC(=O)OC[C@H](COP(=O)(O)O)OC(=O)CCCCCCCCCCCCCCCCCCCCCCCC. The van der Waals surface area contributed by atoms with Gasteiger partial charge in [-0.15, -0.1) is 0 Å². The molecule has 0 unspecified atom stereocenters. The molecule has 0 aliphatic heterocycles. The molecule has 9 heteroatoms. The van der Waals surface area contributed by atoms with Crippen LogP contribution in [0.15, 0.2) is 24.3 Å². The van der Waals surface area contributed by atoms with Gasteiger partial charge < -0.3 is 19.3 Å². The Morgan fingerprint density at radius 2 is 0.852 bits per heavy atom. The zero-order valence-electron chi connectivity index (χ0n) is 35.1. The highest BCUT2D eigenvalue weighted by Gasteiger charge is 2.23. The van der Waals surface area contributed by atoms with Crippen molar-refractivity contribution in [1.82, 2.24) is 0 Å². The lowest BCUT2D eigenvalue weighted by atomic mass is 10.0. The third-order valence-electron chi connectivity index (χ3n) is 9.97. The van der Waals surface area contributed by atoms with Crippen LogP contribution >= 0.6 is 7.82 Å². The second-order valence-corrected chi connectivity index (χ2v) is 16.6. The Morgan fingerprint density at radius 1 is 0.481 bits per heavy atom. The first-order chi connectivity index (χ1) is 26.3. The maximum atomic E-state index is 12.4. The van der Waals surface area contributed by atoms with Crippen molar-refractivity contribution >= 4 is 19.8 Å². The number of carbonyl (C=O) groups is 2. The van der Waals surface area contributed by atoms with Gasteiger partial charge in [0.1, 0.15) is 6.61 Å². The van der Waals surface area contributed by atoms with Crippen LogP contribution in [0.4, 0.5) is 0 Å². The molecule has 0 spiro atoms. The Labute approximate surface area is 332 Å². The number of rotatable bonds is 42. The number of phosphoric ester groups is 1. The topological polar surface area (TPSA) is 119 Å². The second-order valence-electron chi connectivity index (χ2n) is 15.4. The Bertz CT molecular complexity index is 931. The van der Waals surface area contributed by atoms with Crippen molar-refractivity contribution in [3.8, 4) is 0 Å². The molecule has 0 rings (SSSR count). The van der Waals surface area contributed by atoms with Crippen LogP contribution in [0, 0.1) is 0 Å². The van der Waals surface area contributed by atoms with Gasteiger partial charge in [-0.2, -0.15) is 0 Å². The molecule has 8 nitrogen and oxygen atoms in total. The molecule has 0 aliphatic rings. The molecule has 0 radical (unpaired) electrons. The maximum Gasteiger partial charge on any atom is 0.469 e. The number of hydrogen-bond donors (Lipinski definition) is 2. The van der Waals surface area contributed by atoms with Crippen LogP contribution in [-0.4, -0.2) is 41.0 Å². The Balaban J connectivity index is 3.82. The van der Waals surface area contributed by atoms with E-state index in [-0.39, 0.29) is 19.4 Å². The van der Waals surface area contributed by atoms with Crippen LogP contribution in [0.25, 0.3) is 0 Å². The molecule has 0 aromatic carbocycles. The molecule has 318 valence electrons. The van der Waals surface area contributed by atoms with Gasteiger partial charge in [0.15, 0.2) is 6.10 Å². The fraction of sp³-hybridized carbons (Fsp3) is 0.867. The van der Waals surface area contributed by atoms with E-state index in [1.165, 1.54) is 128 Å². The van der Waals surface area contributed by atoms with E-state index in [9.17, 15) is 14.2 Å². The number of unbranched alkanes of at least 4 members (excludes halogenated alkanes) is 28. The van der Waals surface area contributed by atoms with Gasteiger partial charge >= 0.3 is 19.8 Å². The van der Waals surface area contributed by atoms with Crippen molar-refractivity contribution in [2.75, 3.05) is 13.2 Å². The molecule has 0 bridgehead atoms. The fourth-order valence-electron chi connectivity index (χ4n) is 6.57. The minimum atomic E-state index is -4.75. The zero-order chi connectivity index (χ0) is 39.6. The lowest BCUT2D eigenvalue weighted by Gasteiger charge is -2.18. The lowest BCUT2D eigenvalue weighted by molar-refractivity contribution is -0.161. The molecule has 2 N–H and O–H groups in total. The monoisotopic (exact) mass is 785 g/mol. The molecule has 0 saturated carbocycles. The molecule has 0 amide bonds. The number of allylic oxidation sites excluding steroid dienone is 4. The zero-order valence-corrected chi connectivity index (χ0v) is 36.0. The summed E-state index contributed by atoms with van der Waals surface area (Å²) in [7, 11) is -4.75. The Kier molecular flexibility index (Phi) is 40.1. The van der Waals surface area contributed by atoms with Crippen LogP contribution in [0.2, 0.25) is 0 Å². The van der Waals surface area contributed by atoms with Gasteiger partial charge in [0.05, 0.1) is 6.61 Å². The summed E-state index contributed by atoms with van der Waals surface area (Å²) in [4.78, 5) is 42.9. The van der Waals surface area contributed by atoms with Crippen LogP contribution in [0.5, 0.6) is 0 Å². The van der Waals surface area contributed by atoms with E-state index in [1.54, 1.807) is 0 Å². The summed E-state index contributed by atoms with van der Waals surface area (Å²) in [5.74, 6) is -0.890. The largest absolute Gasteiger partial charge is 0.469 e. The molecule has 0 aromatic heterocycles. The van der Waals surface area contributed by atoms with E-state index < -0.39 is 32.5 Å². The average Bonchev–Trinajstić information content (AvgIpc) is 3.14. The van der Waals surface area contributed by atoms with Crippen molar-refractivity contribution in [2.45, 2.75) is 238 Å². The molecule has 54 heavy (non-hydrogen) atoms.